The summed E-state index contributed by atoms with van der Waals surface area (Å²) in [5.74, 6) is -0.473. The van der Waals surface area contributed by atoms with Gasteiger partial charge in [0.15, 0.2) is 12.3 Å². The van der Waals surface area contributed by atoms with E-state index in [9.17, 15) is 24.6 Å². The number of esters is 1. The van der Waals surface area contributed by atoms with Crippen molar-refractivity contribution in [1.82, 2.24) is 9.55 Å². The summed E-state index contributed by atoms with van der Waals surface area (Å²) in [5.41, 5.74) is -1.02. The van der Waals surface area contributed by atoms with Crippen molar-refractivity contribution in [2.45, 2.75) is 103 Å². The van der Waals surface area contributed by atoms with Gasteiger partial charge in [-0.2, -0.15) is 0 Å². The number of aromatic amines is 1. The van der Waals surface area contributed by atoms with E-state index in [1.807, 2.05) is 0 Å². The Morgan fingerprint density at radius 2 is 1.74 bits per heavy atom. The van der Waals surface area contributed by atoms with E-state index in [1.54, 1.807) is 0 Å². The second kappa shape index (κ2) is 12.8. The Labute approximate surface area is 182 Å². The van der Waals surface area contributed by atoms with Crippen LogP contribution in [-0.4, -0.2) is 50.7 Å². The van der Waals surface area contributed by atoms with Gasteiger partial charge in [-0.1, -0.05) is 58.3 Å². The van der Waals surface area contributed by atoms with Crippen molar-refractivity contribution in [2.24, 2.45) is 0 Å². The van der Waals surface area contributed by atoms with Crippen LogP contribution in [0.2, 0.25) is 0 Å². The first kappa shape index (κ1) is 25.3. The molecule has 1 saturated heterocycles. The fraction of sp³-hybridized carbons (Fsp3) is 0.773. The average Bonchev–Trinajstić information content (AvgIpc) is 3.04. The molecule has 0 radical (unpaired) electrons. The number of aliphatic hydroxyl groups excluding tert-OH is 2. The summed E-state index contributed by atoms with van der Waals surface area (Å²) >= 11 is 0. The van der Waals surface area contributed by atoms with Crippen molar-refractivity contribution < 1.29 is 24.5 Å². The standard InChI is InChI=1S/C22H36N2O7/c1-3-4-5-6-7-8-9-10-11-12-17(26)31-19-16(14-25)30-21(18(19)27)24-13-15(2)20(28)23-22(24)29/h13,16,18-19,21,25,27H,3-12,14H2,1-2H3,(H,23,28,29)/t16-,18-,19-,21-/m1/s1. The second-order valence-corrected chi connectivity index (χ2v) is 8.25. The lowest BCUT2D eigenvalue weighted by molar-refractivity contribution is -0.156. The van der Waals surface area contributed by atoms with E-state index >= 15 is 0 Å². The van der Waals surface area contributed by atoms with Crippen LogP contribution in [0.5, 0.6) is 0 Å². The number of aromatic nitrogens is 2. The first-order valence-corrected chi connectivity index (χ1v) is 11.3. The number of carbonyl (C=O) groups excluding carboxylic acids is 1. The van der Waals surface area contributed by atoms with Crippen LogP contribution in [0.3, 0.4) is 0 Å². The minimum Gasteiger partial charge on any atom is -0.457 e. The summed E-state index contributed by atoms with van der Waals surface area (Å²) in [6.07, 6.45) is 7.06. The third-order valence-corrected chi connectivity index (χ3v) is 5.66. The van der Waals surface area contributed by atoms with Gasteiger partial charge in [-0.15, -0.1) is 0 Å². The molecule has 0 aliphatic carbocycles. The summed E-state index contributed by atoms with van der Waals surface area (Å²) < 4.78 is 12.0. The number of aryl methyl sites for hydroxylation is 1. The molecular weight excluding hydrogens is 404 g/mol. The van der Waals surface area contributed by atoms with Crippen LogP contribution < -0.4 is 11.2 Å². The van der Waals surface area contributed by atoms with Crippen molar-refractivity contribution >= 4 is 5.97 Å². The molecule has 1 aliphatic heterocycles. The number of hydrogen-bond acceptors (Lipinski definition) is 7. The third-order valence-electron chi connectivity index (χ3n) is 5.66. The molecule has 2 heterocycles. The van der Waals surface area contributed by atoms with Gasteiger partial charge < -0.3 is 19.7 Å². The van der Waals surface area contributed by atoms with E-state index < -0.39 is 48.4 Å². The van der Waals surface area contributed by atoms with Crippen LogP contribution >= 0.6 is 0 Å². The van der Waals surface area contributed by atoms with E-state index in [0.717, 1.165) is 23.8 Å². The normalized spacial score (nSPS) is 23.2. The number of unbranched alkanes of at least 4 members (excludes halogenated alkanes) is 8. The monoisotopic (exact) mass is 440 g/mol. The number of H-pyrrole nitrogens is 1. The maximum absolute atomic E-state index is 12.2. The number of aliphatic hydroxyl groups is 2. The second-order valence-electron chi connectivity index (χ2n) is 8.25. The van der Waals surface area contributed by atoms with Crippen LogP contribution in [0.4, 0.5) is 0 Å². The molecule has 0 amide bonds. The molecule has 31 heavy (non-hydrogen) atoms. The molecule has 4 atom stereocenters. The molecule has 176 valence electrons. The lowest BCUT2D eigenvalue weighted by Gasteiger charge is -2.20. The van der Waals surface area contributed by atoms with Crippen molar-refractivity contribution in [3.05, 3.63) is 32.6 Å². The van der Waals surface area contributed by atoms with Crippen molar-refractivity contribution in [3.8, 4) is 0 Å². The molecule has 1 aliphatic rings. The summed E-state index contributed by atoms with van der Waals surface area (Å²) in [7, 11) is 0. The summed E-state index contributed by atoms with van der Waals surface area (Å²) in [5, 5.41) is 20.2. The van der Waals surface area contributed by atoms with Gasteiger partial charge in [0, 0.05) is 18.2 Å². The minimum atomic E-state index is -1.35. The molecule has 0 aromatic carbocycles. The van der Waals surface area contributed by atoms with Gasteiger partial charge in [-0.25, -0.2) is 4.79 Å². The Bertz CT molecular complexity index is 804. The predicted molar refractivity (Wildman–Crippen MR) is 115 cm³/mol. The first-order chi connectivity index (χ1) is 14.9. The maximum Gasteiger partial charge on any atom is 0.330 e. The maximum atomic E-state index is 12.2. The van der Waals surface area contributed by atoms with Gasteiger partial charge in [0.25, 0.3) is 5.56 Å². The molecule has 9 heteroatoms. The largest absolute Gasteiger partial charge is 0.457 e. The molecule has 0 bridgehead atoms. The SMILES string of the molecule is CCCCCCCCCCCC(=O)O[C@H]1[C@@H](O)[C@H](n2cc(C)c(=O)[nH]c2=O)O[C@@H]1CO. The van der Waals surface area contributed by atoms with Crippen LogP contribution in [0, 0.1) is 6.92 Å². The van der Waals surface area contributed by atoms with Gasteiger partial charge in [-0.3, -0.25) is 19.1 Å². The fourth-order valence-electron chi connectivity index (χ4n) is 3.81. The fourth-order valence-corrected chi connectivity index (χ4v) is 3.81. The van der Waals surface area contributed by atoms with Gasteiger partial charge in [-0.05, 0) is 13.3 Å². The Kier molecular flexibility index (Phi) is 10.4. The molecule has 9 nitrogen and oxygen atoms in total. The molecule has 2 rings (SSSR count). The van der Waals surface area contributed by atoms with Crippen LogP contribution in [-0.2, 0) is 14.3 Å². The summed E-state index contributed by atoms with van der Waals surface area (Å²) in [6, 6.07) is 0. The Balaban J connectivity index is 1.81. The van der Waals surface area contributed by atoms with Crippen LogP contribution in [0.1, 0.15) is 82.9 Å². The molecule has 3 N–H and O–H groups in total. The van der Waals surface area contributed by atoms with Crippen LogP contribution in [0.25, 0.3) is 0 Å². The zero-order chi connectivity index (χ0) is 22.8. The Hall–Kier alpha value is -1.97. The van der Waals surface area contributed by atoms with Gasteiger partial charge in [0.1, 0.15) is 12.2 Å². The molecule has 0 saturated carbocycles. The highest BCUT2D eigenvalue weighted by Crippen LogP contribution is 2.30. The summed E-state index contributed by atoms with van der Waals surface area (Å²) in [6.45, 7) is 3.23. The highest BCUT2D eigenvalue weighted by Gasteiger charge is 2.47. The first-order valence-electron chi connectivity index (χ1n) is 11.3. The lowest BCUT2D eigenvalue weighted by Crippen LogP contribution is -2.40. The highest BCUT2D eigenvalue weighted by molar-refractivity contribution is 5.69. The minimum absolute atomic E-state index is 0.222. The van der Waals surface area contributed by atoms with E-state index in [1.165, 1.54) is 45.2 Å². The number of hydrogen-bond donors (Lipinski definition) is 3. The third kappa shape index (κ3) is 7.29. The van der Waals surface area contributed by atoms with Gasteiger partial charge in [0.2, 0.25) is 0 Å². The quantitative estimate of drug-likeness (QED) is 0.315. The van der Waals surface area contributed by atoms with Crippen molar-refractivity contribution in [1.29, 1.82) is 0 Å². The number of rotatable bonds is 13. The van der Waals surface area contributed by atoms with Gasteiger partial charge in [0.05, 0.1) is 6.61 Å². The zero-order valence-corrected chi connectivity index (χ0v) is 18.5. The Morgan fingerprint density at radius 3 is 2.35 bits per heavy atom. The van der Waals surface area contributed by atoms with Crippen LogP contribution in [0.15, 0.2) is 15.8 Å². The molecular formula is C22H36N2O7. The molecule has 0 spiro atoms. The average molecular weight is 441 g/mol. The number of nitrogens with zero attached hydrogens (tertiary/aromatic N) is 1. The molecule has 1 aromatic heterocycles. The van der Waals surface area contributed by atoms with E-state index in [-0.39, 0.29) is 12.0 Å². The van der Waals surface area contributed by atoms with Gasteiger partial charge >= 0.3 is 11.7 Å². The molecule has 0 unspecified atom stereocenters. The number of carbonyl (C=O) groups is 1. The van der Waals surface area contributed by atoms with Crippen molar-refractivity contribution in [3.63, 3.8) is 0 Å². The smallest absolute Gasteiger partial charge is 0.330 e. The lowest BCUT2D eigenvalue weighted by atomic mass is 10.1. The zero-order valence-electron chi connectivity index (χ0n) is 18.5. The molecule has 1 fully saturated rings. The molecule has 1 aromatic rings. The predicted octanol–water partition coefficient (Wildman–Crippen LogP) is 1.93. The highest BCUT2D eigenvalue weighted by atomic mass is 16.6. The van der Waals surface area contributed by atoms with Crippen molar-refractivity contribution in [2.75, 3.05) is 6.61 Å². The Morgan fingerprint density at radius 1 is 1.13 bits per heavy atom. The topological polar surface area (TPSA) is 131 Å². The summed E-state index contributed by atoms with van der Waals surface area (Å²) in [4.78, 5) is 38.0. The van der Waals surface area contributed by atoms with E-state index in [2.05, 4.69) is 11.9 Å². The van der Waals surface area contributed by atoms with E-state index in [4.69, 9.17) is 9.47 Å². The number of nitrogens with one attached hydrogen (secondary N) is 1. The number of ether oxygens (including phenoxy) is 2. The van der Waals surface area contributed by atoms with E-state index in [0.29, 0.717) is 6.42 Å².